The monoisotopic (exact) mass is 437 g/mol. The first-order chi connectivity index (χ1) is 15.0. The molecule has 31 heavy (non-hydrogen) atoms. The van der Waals surface area contributed by atoms with E-state index in [1.807, 2.05) is 39.8 Å². The van der Waals surface area contributed by atoms with Gasteiger partial charge in [-0.3, -0.25) is 13.9 Å². The van der Waals surface area contributed by atoms with Crippen LogP contribution in [0.4, 0.5) is 11.6 Å². The smallest absolute Gasteiger partial charge is 0.332 e. The molecule has 0 fully saturated rings. The van der Waals surface area contributed by atoms with Crippen molar-refractivity contribution >= 4 is 34.4 Å². The zero-order valence-electron chi connectivity index (χ0n) is 17.1. The Morgan fingerprint density at radius 3 is 2.58 bits per heavy atom. The van der Waals surface area contributed by atoms with Gasteiger partial charge in [0.2, 0.25) is 5.95 Å². The summed E-state index contributed by atoms with van der Waals surface area (Å²) in [6, 6.07) is 14.8. The highest BCUT2D eigenvalue weighted by Crippen LogP contribution is 2.32. The largest absolute Gasteiger partial charge is 0.497 e. The summed E-state index contributed by atoms with van der Waals surface area (Å²) in [4.78, 5) is 33.0. The number of hydrogen-bond donors (Lipinski definition) is 0. The fourth-order valence-electron chi connectivity index (χ4n) is 4.04. The number of ether oxygens (including phenoxy) is 1. The van der Waals surface area contributed by atoms with Crippen LogP contribution < -0.4 is 20.9 Å². The maximum absolute atomic E-state index is 13.4. The number of nitrogens with zero attached hydrogens (tertiary/aromatic N) is 5. The summed E-state index contributed by atoms with van der Waals surface area (Å²) in [5.74, 6) is 1.41. The molecular weight excluding hydrogens is 418 g/mol. The van der Waals surface area contributed by atoms with Crippen LogP contribution >= 0.6 is 11.6 Å². The minimum Gasteiger partial charge on any atom is -0.497 e. The molecule has 0 saturated carbocycles. The van der Waals surface area contributed by atoms with E-state index < -0.39 is 5.69 Å². The lowest BCUT2D eigenvalue weighted by Gasteiger charge is -2.16. The Balaban J connectivity index is 1.64. The summed E-state index contributed by atoms with van der Waals surface area (Å²) in [6.07, 6.45) is 0. The molecule has 0 spiro atoms. The van der Waals surface area contributed by atoms with Crippen molar-refractivity contribution in [3.8, 4) is 5.75 Å². The molecule has 0 radical (unpaired) electrons. The van der Waals surface area contributed by atoms with E-state index in [0.29, 0.717) is 35.2 Å². The van der Waals surface area contributed by atoms with Crippen molar-refractivity contribution in [2.45, 2.75) is 13.1 Å². The Morgan fingerprint density at radius 2 is 1.87 bits per heavy atom. The van der Waals surface area contributed by atoms with Crippen molar-refractivity contribution < 1.29 is 4.74 Å². The van der Waals surface area contributed by atoms with Crippen LogP contribution in [0.1, 0.15) is 5.56 Å². The summed E-state index contributed by atoms with van der Waals surface area (Å²) in [5, 5.41) is 0.559. The molecule has 0 aliphatic carbocycles. The number of hydrogen-bond acceptors (Lipinski definition) is 5. The first-order valence-corrected chi connectivity index (χ1v) is 10.2. The molecule has 0 bridgehead atoms. The Bertz CT molecular complexity index is 1420. The second-order valence-electron chi connectivity index (χ2n) is 7.45. The molecule has 3 heterocycles. The lowest BCUT2D eigenvalue weighted by molar-refractivity contribution is 0.415. The number of imidazole rings is 1. The fraction of sp³-hybridized carbons (Fsp3) is 0.227. The van der Waals surface area contributed by atoms with E-state index in [2.05, 4.69) is 4.98 Å². The third-order valence-corrected chi connectivity index (χ3v) is 5.85. The quantitative estimate of drug-likeness (QED) is 0.491. The summed E-state index contributed by atoms with van der Waals surface area (Å²) >= 11 is 6.07. The first-order valence-electron chi connectivity index (χ1n) is 9.84. The van der Waals surface area contributed by atoms with Crippen LogP contribution in [-0.4, -0.2) is 32.3 Å². The van der Waals surface area contributed by atoms with Crippen molar-refractivity contribution in [3.05, 3.63) is 80.0 Å². The highest BCUT2D eigenvalue weighted by Gasteiger charge is 2.28. The SMILES string of the molecule is COc1ccc(N2CCn3c2nc2c3c(=O)n(Cc3cccc(Cl)c3)c(=O)n2C)cc1. The van der Waals surface area contributed by atoms with E-state index >= 15 is 0 Å². The van der Waals surface area contributed by atoms with E-state index in [9.17, 15) is 9.59 Å². The number of aromatic nitrogens is 4. The summed E-state index contributed by atoms with van der Waals surface area (Å²) < 4.78 is 9.78. The first kappa shape index (κ1) is 19.4. The van der Waals surface area contributed by atoms with Crippen molar-refractivity contribution in [1.29, 1.82) is 0 Å². The van der Waals surface area contributed by atoms with Crippen molar-refractivity contribution in [2.75, 3.05) is 18.6 Å². The van der Waals surface area contributed by atoms with Gasteiger partial charge in [-0.05, 0) is 42.0 Å². The number of anilines is 2. The molecule has 2 aromatic carbocycles. The molecule has 0 atom stereocenters. The van der Waals surface area contributed by atoms with Gasteiger partial charge in [-0.2, -0.15) is 4.98 Å². The van der Waals surface area contributed by atoms with Crippen LogP contribution in [0.2, 0.25) is 5.02 Å². The molecule has 4 aromatic rings. The van der Waals surface area contributed by atoms with Gasteiger partial charge in [-0.25, -0.2) is 4.79 Å². The standard InChI is InChI=1S/C22H20ClN5O3/c1-25-19-18(20(29)28(22(25)30)13-14-4-3-5-15(23)12-14)27-11-10-26(21(27)24-19)16-6-8-17(31-2)9-7-16/h3-9,12H,10-11,13H2,1-2H3. The van der Waals surface area contributed by atoms with Gasteiger partial charge in [0.05, 0.1) is 13.7 Å². The van der Waals surface area contributed by atoms with Crippen molar-refractivity contribution in [3.63, 3.8) is 0 Å². The maximum atomic E-state index is 13.4. The fourth-order valence-corrected chi connectivity index (χ4v) is 4.25. The second-order valence-corrected chi connectivity index (χ2v) is 7.88. The number of halogens is 1. The van der Waals surface area contributed by atoms with Crippen LogP contribution in [0.5, 0.6) is 5.75 Å². The van der Waals surface area contributed by atoms with E-state index in [-0.39, 0.29) is 12.1 Å². The Morgan fingerprint density at radius 1 is 1.10 bits per heavy atom. The van der Waals surface area contributed by atoms with E-state index in [0.717, 1.165) is 17.0 Å². The summed E-state index contributed by atoms with van der Waals surface area (Å²) in [5.41, 5.74) is 1.77. The molecule has 5 rings (SSSR count). The third kappa shape index (κ3) is 3.11. The van der Waals surface area contributed by atoms with Crippen LogP contribution in [0, 0.1) is 0 Å². The van der Waals surface area contributed by atoms with Crippen LogP contribution in [-0.2, 0) is 20.1 Å². The normalized spacial score (nSPS) is 13.1. The number of aryl methyl sites for hydroxylation is 1. The van der Waals surface area contributed by atoms with Gasteiger partial charge in [0, 0.05) is 30.8 Å². The van der Waals surface area contributed by atoms with Gasteiger partial charge < -0.3 is 14.2 Å². The topological polar surface area (TPSA) is 74.3 Å². The minimum absolute atomic E-state index is 0.144. The molecule has 0 unspecified atom stereocenters. The molecule has 158 valence electrons. The van der Waals surface area contributed by atoms with E-state index in [1.165, 1.54) is 9.13 Å². The highest BCUT2D eigenvalue weighted by molar-refractivity contribution is 6.30. The van der Waals surface area contributed by atoms with E-state index in [1.54, 1.807) is 32.4 Å². The van der Waals surface area contributed by atoms with Gasteiger partial charge in [0.15, 0.2) is 11.2 Å². The van der Waals surface area contributed by atoms with Gasteiger partial charge in [-0.1, -0.05) is 23.7 Å². The Hall–Kier alpha value is -3.52. The number of rotatable bonds is 4. The van der Waals surface area contributed by atoms with Gasteiger partial charge in [-0.15, -0.1) is 0 Å². The molecule has 1 aliphatic heterocycles. The molecule has 0 saturated heterocycles. The zero-order valence-corrected chi connectivity index (χ0v) is 17.8. The van der Waals surface area contributed by atoms with Crippen molar-refractivity contribution in [1.82, 2.24) is 18.7 Å². The highest BCUT2D eigenvalue weighted by atomic mass is 35.5. The van der Waals surface area contributed by atoms with Gasteiger partial charge in [0.25, 0.3) is 5.56 Å². The van der Waals surface area contributed by atoms with Crippen LogP contribution in [0.25, 0.3) is 11.2 Å². The lowest BCUT2D eigenvalue weighted by Crippen LogP contribution is -2.40. The predicted octanol–water partition coefficient (Wildman–Crippen LogP) is 2.76. The maximum Gasteiger partial charge on any atom is 0.332 e. The molecule has 1 aliphatic rings. The zero-order chi connectivity index (χ0) is 21.7. The molecule has 0 amide bonds. The average molecular weight is 438 g/mol. The van der Waals surface area contributed by atoms with Crippen LogP contribution in [0.3, 0.4) is 0 Å². The Kier molecular flexibility index (Phi) is 4.59. The Labute approximate surface area is 182 Å². The number of fused-ring (bicyclic) bond motifs is 3. The minimum atomic E-state index is -0.412. The lowest BCUT2D eigenvalue weighted by atomic mass is 10.2. The number of benzene rings is 2. The molecule has 9 heteroatoms. The molecular formula is C22H20ClN5O3. The van der Waals surface area contributed by atoms with E-state index in [4.69, 9.17) is 16.3 Å². The summed E-state index contributed by atoms with van der Waals surface area (Å²) in [6.45, 7) is 1.42. The second kappa shape index (κ2) is 7.31. The average Bonchev–Trinajstić information content (AvgIpc) is 3.35. The van der Waals surface area contributed by atoms with Crippen LogP contribution in [0.15, 0.2) is 58.1 Å². The molecule has 2 aromatic heterocycles. The number of methoxy groups -OCH3 is 1. The third-order valence-electron chi connectivity index (χ3n) is 5.61. The van der Waals surface area contributed by atoms with Gasteiger partial charge in [0.1, 0.15) is 5.75 Å². The molecule has 8 nitrogen and oxygen atoms in total. The van der Waals surface area contributed by atoms with Crippen molar-refractivity contribution in [2.24, 2.45) is 7.05 Å². The molecule has 0 N–H and O–H groups in total. The predicted molar refractivity (Wildman–Crippen MR) is 120 cm³/mol. The summed E-state index contributed by atoms with van der Waals surface area (Å²) in [7, 11) is 3.26. The van der Waals surface area contributed by atoms with Gasteiger partial charge >= 0.3 is 5.69 Å².